The molecule has 4 fully saturated rings. The summed E-state index contributed by atoms with van der Waals surface area (Å²) < 4.78 is 0. The quantitative estimate of drug-likeness (QED) is 0.0620. The van der Waals surface area contributed by atoms with Gasteiger partial charge in [0.25, 0.3) is 0 Å². The summed E-state index contributed by atoms with van der Waals surface area (Å²) in [6.07, 6.45) is 4.77. The second kappa shape index (κ2) is 40.5. The van der Waals surface area contributed by atoms with Gasteiger partial charge in [0.05, 0.1) is 37.6 Å². The predicted octanol–water partition coefficient (Wildman–Crippen LogP) is 19.5. The molecule has 20 rings (SSSR count). The third kappa shape index (κ3) is 19.8. The van der Waals surface area contributed by atoms with Gasteiger partial charge in [-0.1, -0.05) is 340 Å². The van der Waals surface area contributed by atoms with Crippen molar-refractivity contribution in [3.05, 3.63) is 445 Å². The van der Waals surface area contributed by atoms with Gasteiger partial charge in [-0.15, -0.1) is 0 Å². The number of rotatable bonds is 22. The molecule has 3 unspecified atom stereocenters. The number of fused-ring (bicyclic) bond motifs is 4. The second-order valence-corrected chi connectivity index (χ2v) is 32.8. The van der Waals surface area contributed by atoms with E-state index in [1.165, 1.54) is 25.8 Å². The summed E-state index contributed by atoms with van der Waals surface area (Å²) in [6, 6.07) is 117. The van der Waals surface area contributed by atoms with Crippen LogP contribution < -0.4 is 14.7 Å². The number of amides is 16. The van der Waals surface area contributed by atoms with Gasteiger partial charge in [0.2, 0.25) is 47.3 Å². The van der Waals surface area contributed by atoms with Gasteiger partial charge in [-0.05, 0) is 157 Å². The molecule has 0 radical (unpaired) electrons. The number of nitrogens with zero attached hydrogens (tertiary/aromatic N) is 9. The standard InChI is InChI=1S/2C29H24N2O3.C27H21N3O3.C26H21N3O3/c32-27-26(20-22-15-16-23-11-7-8-12-24(23)19-22)28(33)31(25-13-5-2-6-14-25)29(34)30(27)18-17-21-9-3-1-4-10-21;32-27-26(18-23-15-16-24-13-7-8-14-25(24)17-23)28(33)31(20-22-11-5-2-6-12-22)29(34)30(27)19-21-9-3-1-4-10-21;31-25-23(17-20-13-14-21-10-4-5-11-22(21)16-20)26(32)30(24-12-6-7-15-28-24)27(33)29(25)18-19-8-2-1-3-9-19;30-24-22(15-19-16-27-23-14-8-7-13-21(19)23)25(31)29(20-11-5-2-6-12-20)26(32)28(24)17-18-9-3-1-4-10-18/h1-16,19,26H,17-18,20H2;1-17,26H,18-20H2;1-16,23H,17-18H2;1-14,16,22,27H,15,17H2. The average Bonchev–Trinajstić information content (AvgIpc) is 1.29. The summed E-state index contributed by atoms with van der Waals surface area (Å²) in [5.74, 6) is -7.55. The first kappa shape index (κ1) is 88.0. The van der Waals surface area contributed by atoms with Crippen LogP contribution in [0.3, 0.4) is 0 Å². The van der Waals surface area contributed by atoms with E-state index in [1.807, 2.05) is 322 Å². The fourth-order valence-corrected chi connectivity index (χ4v) is 17.2. The first-order chi connectivity index (χ1) is 65.0. The highest BCUT2D eigenvalue weighted by molar-refractivity contribution is 6.30. The van der Waals surface area contributed by atoms with Crippen LogP contribution in [0, 0.1) is 23.7 Å². The number of barbiturate groups is 4. The van der Waals surface area contributed by atoms with Gasteiger partial charge in [0.15, 0.2) is 0 Å². The Morgan fingerprint density at radius 2 is 0.541 bits per heavy atom. The van der Waals surface area contributed by atoms with Crippen molar-refractivity contribution in [2.24, 2.45) is 23.7 Å². The molecule has 0 aliphatic carbocycles. The van der Waals surface area contributed by atoms with E-state index in [0.717, 1.165) is 113 Å². The maximum Gasteiger partial charge on any atom is 0.339 e. The minimum absolute atomic E-state index is 0.0866. The number of urea groups is 4. The van der Waals surface area contributed by atoms with Crippen LogP contribution in [-0.2, 0) is 96.6 Å². The molecular formula is C111H90N10O12. The van der Waals surface area contributed by atoms with E-state index in [1.54, 1.807) is 66.7 Å². The van der Waals surface area contributed by atoms with Gasteiger partial charge < -0.3 is 4.98 Å². The molecule has 4 aliphatic heterocycles. The summed E-state index contributed by atoms with van der Waals surface area (Å²) in [4.78, 5) is 178. The molecule has 0 bridgehead atoms. The zero-order chi connectivity index (χ0) is 91.9. The maximum absolute atomic E-state index is 13.5. The number of aromatic amines is 1. The number of hydrogen-bond donors (Lipinski definition) is 1. The first-order valence-corrected chi connectivity index (χ1v) is 43.9. The Morgan fingerprint density at radius 1 is 0.241 bits per heavy atom. The second-order valence-electron chi connectivity index (χ2n) is 32.8. The third-order valence-corrected chi connectivity index (χ3v) is 24.1. The Kier molecular flexibility index (Phi) is 26.8. The van der Waals surface area contributed by atoms with Crippen LogP contribution in [0.25, 0.3) is 43.2 Å². The topological polar surface area (TPSA) is 259 Å². The van der Waals surface area contributed by atoms with E-state index < -0.39 is 95.1 Å². The predicted molar refractivity (Wildman–Crippen MR) is 510 cm³/mol. The minimum atomic E-state index is -1.02. The number of H-pyrrole nitrogens is 1. The lowest BCUT2D eigenvalue weighted by Crippen LogP contribution is -2.60. The zero-order valence-corrected chi connectivity index (χ0v) is 72.3. The minimum Gasteiger partial charge on any atom is -0.361 e. The van der Waals surface area contributed by atoms with Gasteiger partial charge in [-0.25, -0.2) is 38.9 Å². The molecule has 0 spiro atoms. The van der Waals surface area contributed by atoms with Crippen LogP contribution in [0.5, 0.6) is 0 Å². The summed E-state index contributed by atoms with van der Waals surface area (Å²) in [6.45, 7) is 0.673. The van der Waals surface area contributed by atoms with Crippen molar-refractivity contribution in [2.75, 3.05) is 21.2 Å². The molecule has 16 amide bonds. The number of carbonyl (C=O) groups is 12. The Hall–Kier alpha value is -17.0. The molecule has 2 aromatic heterocycles. The fraction of sp³-hybridized carbons (Fsp3) is 0.126. The molecule has 14 aromatic carbocycles. The zero-order valence-electron chi connectivity index (χ0n) is 72.3. The van der Waals surface area contributed by atoms with Crippen molar-refractivity contribution < 1.29 is 57.5 Å². The smallest absolute Gasteiger partial charge is 0.339 e. The van der Waals surface area contributed by atoms with Crippen molar-refractivity contribution in [3.8, 4) is 0 Å². The number of hydrogen-bond acceptors (Lipinski definition) is 13. The van der Waals surface area contributed by atoms with Crippen LogP contribution in [0.2, 0.25) is 0 Å². The monoisotopic (exact) mass is 1750 g/mol. The summed E-state index contributed by atoms with van der Waals surface area (Å²) in [5.41, 5.74) is 9.69. The van der Waals surface area contributed by atoms with Crippen molar-refractivity contribution in [3.63, 3.8) is 0 Å². The number of para-hydroxylation sites is 3. The lowest BCUT2D eigenvalue weighted by atomic mass is 9.93. The highest BCUT2D eigenvalue weighted by atomic mass is 16.2. The van der Waals surface area contributed by atoms with Gasteiger partial charge in [0, 0.05) is 29.8 Å². The van der Waals surface area contributed by atoms with Crippen molar-refractivity contribution in [1.29, 1.82) is 0 Å². The molecule has 3 atom stereocenters. The average molecular weight is 1760 g/mol. The number of anilines is 3. The molecule has 4 saturated heterocycles. The van der Waals surface area contributed by atoms with E-state index in [-0.39, 0.29) is 64.2 Å². The Morgan fingerprint density at radius 3 is 0.932 bits per heavy atom. The molecule has 656 valence electrons. The van der Waals surface area contributed by atoms with Crippen LogP contribution >= 0.6 is 0 Å². The lowest BCUT2D eigenvalue weighted by molar-refractivity contribution is -0.150. The van der Waals surface area contributed by atoms with Gasteiger partial charge in [-0.2, -0.15) is 0 Å². The van der Waals surface area contributed by atoms with Crippen LogP contribution in [0.1, 0.15) is 50.1 Å². The number of imide groups is 8. The molecule has 4 aliphatic rings. The largest absolute Gasteiger partial charge is 0.361 e. The number of pyridine rings is 1. The molecule has 133 heavy (non-hydrogen) atoms. The first-order valence-electron chi connectivity index (χ1n) is 43.9. The Labute approximate surface area is 767 Å². The molecule has 6 heterocycles. The number of benzene rings is 14. The van der Waals surface area contributed by atoms with Gasteiger partial charge in [-0.3, -0.25) is 62.9 Å². The highest BCUT2D eigenvalue weighted by Gasteiger charge is 2.51. The molecule has 16 aromatic rings. The normalized spacial score (nSPS) is 16.1. The van der Waals surface area contributed by atoms with E-state index in [2.05, 4.69) is 9.97 Å². The highest BCUT2D eigenvalue weighted by Crippen LogP contribution is 2.36. The van der Waals surface area contributed by atoms with Crippen LogP contribution in [0.4, 0.5) is 36.4 Å². The van der Waals surface area contributed by atoms with E-state index in [9.17, 15) is 57.5 Å². The molecule has 22 nitrogen and oxygen atoms in total. The SMILES string of the molecule is O=C1C(Cc2c[nH]c3ccccc23)C(=O)N(c2ccccc2)C(=O)N1Cc1ccccc1.O=C1C(Cc2ccc3ccccc3c2)C(=O)N(Cc2ccccc2)C(=O)N1Cc1ccccc1.O=C1C(Cc2ccc3ccccc3c2)C(=O)N(c2ccccc2)C(=O)N1CCc1ccccc1.O=C1C(Cc2ccc3ccccc3c2)C(=O)N(c2ccccn2)C(=O)N1Cc1ccccc1. The summed E-state index contributed by atoms with van der Waals surface area (Å²) in [7, 11) is 0. The van der Waals surface area contributed by atoms with Crippen LogP contribution in [-0.4, -0.2) is 112 Å². The number of nitrogens with one attached hydrogen (secondary N) is 1. The lowest BCUT2D eigenvalue weighted by Gasteiger charge is -2.37. The van der Waals surface area contributed by atoms with Gasteiger partial charge >= 0.3 is 24.1 Å². The molecule has 22 heteroatoms. The summed E-state index contributed by atoms with van der Waals surface area (Å²) >= 11 is 0. The van der Waals surface area contributed by atoms with Crippen LogP contribution in [0.15, 0.2) is 395 Å². The maximum atomic E-state index is 13.5. The van der Waals surface area contributed by atoms with E-state index >= 15 is 0 Å². The Balaban J connectivity index is 0.000000124. The van der Waals surface area contributed by atoms with Crippen molar-refractivity contribution in [2.45, 2.75) is 58.3 Å². The van der Waals surface area contributed by atoms with E-state index in [0.29, 0.717) is 17.8 Å². The number of carbonyl (C=O) groups excluding carboxylic acids is 12. The van der Waals surface area contributed by atoms with Gasteiger partial charge in [0.1, 0.15) is 29.5 Å². The van der Waals surface area contributed by atoms with E-state index in [4.69, 9.17) is 0 Å². The fourth-order valence-electron chi connectivity index (χ4n) is 17.2. The van der Waals surface area contributed by atoms with Crippen molar-refractivity contribution in [1.82, 2.24) is 34.5 Å². The third-order valence-electron chi connectivity index (χ3n) is 24.1. The number of aromatic nitrogens is 2. The van der Waals surface area contributed by atoms with Crippen molar-refractivity contribution >= 4 is 132 Å². The molecule has 0 saturated carbocycles. The molecular weight excluding hydrogens is 1670 g/mol. The molecule has 1 N–H and O–H groups in total. The Bertz CT molecular complexity index is 6960. The summed E-state index contributed by atoms with van der Waals surface area (Å²) in [5, 5.41) is 7.37.